The largest absolute Gasteiger partial charge is 0.378 e. The van der Waals surface area contributed by atoms with Crippen LogP contribution >= 0.6 is 0 Å². The smallest absolute Gasteiger partial charge is 0.169 e. The third kappa shape index (κ3) is 2.57. The Bertz CT molecular complexity index is 395. The molecule has 3 nitrogen and oxygen atoms in total. The van der Waals surface area contributed by atoms with E-state index in [4.69, 9.17) is 4.74 Å². The van der Waals surface area contributed by atoms with Gasteiger partial charge in [-0.1, -0.05) is 20.8 Å². The second-order valence-electron chi connectivity index (χ2n) is 5.35. The Morgan fingerprint density at radius 1 is 1.29 bits per heavy atom. The summed E-state index contributed by atoms with van der Waals surface area (Å²) in [5, 5.41) is 0. The molecule has 17 heavy (non-hydrogen) atoms. The zero-order valence-corrected chi connectivity index (χ0v) is 10.7. The van der Waals surface area contributed by atoms with E-state index >= 15 is 0 Å². The maximum atomic E-state index is 14.4. The number of halogens is 1. The van der Waals surface area contributed by atoms with Crippen molar-refractivity contribution in [1.29, 1.82) is 0 Å². The lowest BCUT2D eigenvalue weighted by Crippen LogP contribution is -2.37. The van der Waals surface area contributed by atoms with E-state index in [1.165, 1.54) is 0 Å². The molecule has 2 rings (SSSR count). The molecule has 0 aliphatic carbocycles. The Kier molecular flexibility index (Phi) is 3.33. The molecule has 1 saturated heterocycles. The highest BCUT2D eigenvalue weighted by atomic mass is 19.1. The molecule has 0 aromatic carbocycles. The molecule has 0 N–H and O–H groups in total. The van der Waals surface area contributed by atoms with Gasteiger partial charge in [0.1, 0.15) is 0 Å². The van der Waals surface area contributed by atoms with Crippen molar-refractivity contribution in [3.05, 3.63) is 23.6 Å². The lowest BCUT2D eigenvalue weighted by Gasteiger charge is -2.30. The fraction of sp³-hybridized carbons (Fsp3) is 0.615. The van der Waals surface area contributed by atoms with Crippen molar-refractivity contribution < 1.29 is 9.13 Å². The molecule has 0 atom stereocenters. The number of ether oxygens (including phenoxy) is 1. The summed E-state index contributed by atoms with van der Waals surface area (Å²) in [6, 6.07) is 1.76. The first-order chi connectivity index (χ1) is 8.00. The maximum Gasteiger partial charge on any atom is 0.169 e. The minimum Gasteiger partial charge on any atom is -0.378 e. The van der Waals surface area contributed by atoms with Gasteiger partial charge >= 0.3 is 0 Å². The molecular weight excluding hydrogens is 219 g/mol. The summed E-state index contributed by atoms with van der Waals surface area (Å²) in [7, 11) is 0. The van der Waals surface area contributed by atoms with Gasteiger partial charge in [-0.05, 0) is 17.0 Å². The first kappa shape index (κ1) is 12.3. The predicted molar refractivity (Wildman–Crippen MR) is 65.9 cm³/mol. The second-order valence-corrected chi connectivity index (χ2v) is 5.35. The summed E-state index contributed by atoms with van der Waals surface area (Å²) in [6.45, 7) is 8.72. The summed E-state index contributed by atoms with van der Waals surface area (Å²) >= 11 is 0. The van der Waals surface area contributed by atoms with E-state index in [1.807, 2.05) is 25.7 Å². The van der Waals surface area contributed by atoms with E-state index < -0.39 is 0 Å². The van der Waals surface area contributed by atoms with Crippen LogP contribution in [0.3, 0.4) is 0 Å². The number of nitrogens with zero attached hydrogens (tertiary/aromatic N) is 2. The fourth-order valence-electron chi connectivity index (χ4n) is 2.01. The van der Waals surface area contributed by atoms with Gasteiger partial charge < -0.3 is 9.64 Å². The molecule has 4 heteroatoms. The van der Waals surface area contributed by atoms with Crippen molar-refractivity contribution in [1.82, 2.24) is 4.98 Å². The van der Waals surface area contributed by atoms with Crippen LogP contribution in [0, 0.1) is 5.82 Å². The molecule has 1 fully saturated rings. The molecule has 1 aliphatic rings. The molecule has 1 aromatic rings. The molecule has 0 bridgehead atoms. The average molecular weight is 238 g/mol. The van der Waals surface area contributed by atoms with Crippen LogP contribution in [-0.4, -0.2) is 31.3 Å². The molecule has 0 saturated carbocycles. The van der Waals surface area contributed by atoms with Crippen LogP contribution in [-0.2, 0) is 10.2 Å². The number of hydrogen-bond acceptors (Lipinski definition) is 3. The summed E-state index contributed by atoms with van der Waals surface area (Å²) < 4.78 is 19.7. The SMILES string of the molecule is CC(C)(C)c1ccnc(N2CCOCC2)c1F. The van der Waals surface area contributed by atoms with E-state index in [1.54, 1.807) is 12.3 Å². The Hall–Kier alpha value is -1.16. The number of anilines is 1. The molecule has 0 radical (unpaired) electrons. The molecule has 94 valence electrons. The molecule has 1 aromatic heterocycles. The third-order valence-electron chi connectivity index (χ3n) is 2.99. The van der Waals surface area contributed by atoms with Crippen LogP contribution in [0.15, 0.2) is 12.3 Å². The lowest BCUT2D eigenvalue weighted by atomic mass is 9.87. The molecule has 1 aliphatic heterocycles. The Balaban J connectivity index is 2.35. The Morgan fingerprint density at radius 2 is 1.94 bits per heavy atom. The van der Waals surface area contributed by atoms with Crippen LogP contribution in [0.5, 0.6) is 0 Å². The molecule has 0 spiro atoms. The van der Waals surface area contributed by atoms with Crippen LogP contribution in [0.1, 0.15) is 26.3 Å². The summed E-state index contributed by atoms with van der Waals surface area (Å²) in [6.07, 6.45) is 1.69. The van der Waals surface area contributed by atoms with Gasteiger partial charge in [-0.2, -0.15) is 0 Å². The van der Waals surface area contributed by atoms with Crippen LogP contribution < -0.4 is 4.90 Å². The Labute approximate surface area is 102 Å². The highest BCUT2D eigenvalue weighted by Crippen LogP contribution is 2.29. The molecule has 0 unspecified atom stereocenters. The summed E-state index contributed by atoms with van der Waals surface area (Å²) in [5.41, 5.74) is 0.516. The first-order valence-electron chi connectivity index (χ1n) is 5.98. The van der Waals surface area contributed by atoms with Crippen molar-refractivity contribution in [2.75, 3.05) is 31.2 Å². The normalized spacial score (nSPS) is 17.3. The minimum atomic E-state index is -0.200. The van der Waals surface area contributed by atoms with Gasteiger partial charge in [-0.3, -0.25) is 0 Å². The number of pyridine rings is 1. The standard InChI is InChI=1S/C13H19FN2O/c1-13(2,3)10-4-5-15-12(11(10)14)16-6-8-17-9-7-16/h4-5H,6-9H2,1-3H3. The van der Waals surface area contributed by atoms with E-state index in [2.05, 4.69) is 4.98 Å². The summed E-state index contributed by atoms with van der Waals surface area (Å²) in [4.78, 5) is 6.12. The predicted octanol–water partition coefficient (Wildman–Crippen LogP) is 2.35. The average Bonchev–Trinajstić information content (AvgIpc) is 2.29. The minimum absolute atomic E-state index is 0.193. The van der Waals surface area contributed by atoms with Crippen LogP contribution in [0.25, 0.3) is 0 Å². The highest BCUT2D eigenvalue weighted by molar-refractivity contribution is 5.45. The van der Waals surface area contributed by atoms with Crippen LogP contribution in [0.2, 0.25) is 0 Å². The quantitative estimate of drug-likeness (QED) is 0.751. The van der Waals surface area contributed by atoms with Crippen molar-refractivity contribution >= 4 is 5.82 Å². The molecule has 2 heterocycles. The third-order valence-corrected chi connectivity index (χ3v) is 2.99. The number of aromatic nitrogens is 1. The number of morpholine rings is 1. The van der Waals surface area contributed by atoms with E-state index in [0.717, 1.165) is 0 Å². The van der Waals surface area contributed by atoms with Crippen LogP contribution in [0.4, 0.5) is 10.2 Å². The van der Waals surface area contributed by atoms with E-state index in [9.17, 15) is 4.39 Å². The summed E-state index contributed by atoms with van der Waals surface area (Å²) in [5.74, 6) is 0.266. The van der Waals surface area contributed by atoms with Crippen molar-refractivity contribution in [2.45, 2.75) is 26.2 Å². The van der Waals surface area contributed by atoms with Crippen molar-refractivity contribution in [3.8, 4) is 0 Å². The van der Waals surface area contributed by atoms with Gasteiger partial charge in [-0.15, -0.1) is 0 Å². The van der Waals surface area contributed by atoms with Gasteiger partial charge in [0.15, 0.2) is 11.6 Å². The van der Waals surface area contributed by atoms with E-state index in [0.29, 0.717) is 37.7 Å². The first-order valence-corrected chi connectivity index (χ1v) is 5.98. The number of rotatable bonds is 1. The topological polar surface area (TPSA) is 25.4 Å². The molecular formula is C13H19FN2O. The van der Waals surface area contributed by atoms with Crippen molar-refractivity contribution in [2.24, 2.45) is 0 Å². The van der Waals surface area contributed by atoms with E-state index in [-0.39, 0.29) is 11.2 Å². The van der Waals surface area contributed by atoms with Gasteiger partial charge in [0.25, 0.3) is 0 Å². The maximum absolute atomic E-state index is 14.4. The monoisotopic (exact) mass is 238 g/mol. The van der Waals surface area contributed by atoms with Gasteiger partial charge in [-0.25, -0.2) is 9.37 Å². The van der Waals surface area contributed by atoms with Gasteiger partial charge in [0, 0.05) is 19.3 Å². The second kappa shape index (κ2) is 4.61. The van der Waals surface area contributed by atoms with Crippen molar-refractivity contribution in [3.63, 3.8) is 0 Å². The highest BCUT2D eigenvalue weighted by Gasteiger charge is 2.24. The van der Waals surface area contributed by atoms with Gasteiger partial charge in [0.05, 0.1) is 13.2 Å². The number of hydrogen-bond donors (Lipinski definition) is 0. The Morgan fingerprint density at radius 3 is 2.53 bits per heavy atom. The van der Waals surface area contributed by atoms with Gasteiger partial charge in [0.2, 0.25) is 0 Å². The lowest BCUT2D eigenvalue weighted by molar-refractivity contribution is 0.122. The molecule has 0 amide bonds. The zero-order chi connectivity index (χ0) is 12.5. The fourth-order valence-corrected chi connectivity index (χ4v) is 2.01. The zero-order valence-electron chi connectivity index (χ0n) is 10.7.